The maximum Gasteiger partial charge on any atom is 0.352 e. The van der Waals surface area contributed by atoms with Crippen molar-refractivity contribution in [2.45, 2.75) is 4.90 Å². The predicted molar refractivity (Wildman–Crippen MR) is 44.0 cm³/mol. The van der Waals surface area contributed by atoms with E-state index in [1.54, 1.807) is 0 Å². The Kier molecular flexibility index (Phi) is 1.38. The van der Waals surface area contributed by atoms with Crippen molar-refractivity contribution >= 4 is 21.9 Å². The molecular weight excluding hydrogens is 194 g/mol. The summed E-state index contributed by atoms with van der Waals surface area (Å²) in [4.78, 5) is 13.0. The van der Waals surface area contributed by atoms with Crippen LogP contribution in [0.4, 0.5) is 0 Å². The standard InChI is InChI=1S/C7H5NO4S/c9-7(10)5-3-6-4(8-5)1-2-13(6,11)12/h1-3,8H,(H,9,10). The number of hydrogen-bond donors (Lipinski definition) is 2. The van der Waals surface area contributed by atoms with Crippen LogP contribution in [0.3, 0.4) is 0 Å². The van der Waals surface area contributed by atoms with Crippen LogP contribution in [0.15, 0.2) is 16.4 Å². The molecule has 0 saturated carbocycles. The molecule has 0 spiro atoms. The minimum atomic E-state index is -3.39. The molecule has 0 saturated heterocycles. The van der Waals surface area contributed by atoms with Crippen LogP contribution in [-0.2, 0) is 9.84 Å². The fourth-order valence-corrected chi connectivity index (χ4v) is 2.33. The molecule has 0 atom stereocenters. The monoisotopic (exact) mass is 199 g/mol. The average molecular weight is 199 g/mol. The van der Waals surface area contributed by atoms with Gasteiger partial charge in [-0.15, -0.1) is 0 Å². The lowest BCUT2D eigenvalue weighted by molar-refractivity contribution is 0.0691. The molecule has 2 N–H and O–H groups in total. The zero-order valence-electron chi connectivity index (χ0n) is 6.31. The summed E-state index contributed by atoms with van der Waals surface area (Å²) in [5, 5.41) is 9.60. The lowest BCUT2D eigenvalue weighted by Gasteiger charge is -1.86. The number of hydrogen-bond acceptors (Lipinski definition) is 3. The van der Waals surface area contributed by atoms with Gasteiger partial charge in [0.15, 0.2) is 0 Å². The van der Waals surface area contributed by atoms with Crippen LogP contribution in [-0.4, -0.2) is 24.5 Å². The summed E-state index contributed by atoms with van der Waals surface area (Å²) in [5.41, 5.74) is 0.218. The molecule has 2 heterocycles. The molecule has 68 valence electrons. The number of carbonyl (C=O) groups is 1. The number of carboxylic acid groups (broad SMARTS) is 1. The Bertz CT molecular complexity index is 509. The van der Waals surface area contributed by atoms with Crippen molar-refractivity contribution in [1.29, 1.82) is 0 Å². The van der Waals surface area contributed by atoms with E-state index in [0.29, 0.717) is 5.69 Å². The first kappa shape index (κ1) is 8.06. The molecule has 0 radical (unpaired) electrons. The molecule has 6 heteroatoms. The van der Waals surface area contributed by atoms with Crippen molar-refractivity contribution < 1.29 is 18.3 Å². The van der Waals surface area contributed by atoms with Gasteiger partial charge in [0.25, 0.3) is 0 Å². The minimum absolute atomic E-state index is 0.0323. The Morgan fingerprint density at radius 3 is 2.69 bits per heavy atom. The van der Waals surface area contributed by atoms with Crippen molar-refractivity contribution in [3.05, 3.63) is 22.9 Å². The third kappa shape index (κ3) is 1.06. The van der Waals surface area contributed by atoms with Gasteiger partial charge in [-0.05, 0) is 12.1 Å². The SMILES string of the molecule is O=C(O)c1cc2c([nH]1)C=CS2(=O)=O. The number of aromatic carboxylic acids is 1. The van der Waals surface area contributed by atoms with Crippen LogP contribution >= 0.6 is 0 Å². The number of rotatable bonds is 1. The third-order valence-corrected chi connectivity index (χ3v) is 3.21. The van der Waals surface area contributed by atoms with E-state index in [1.807, 2.05) is 0 Å². The van der Waals surface area contributed by atoms with E-state index in [4.69, 9.17) is 5.11 Å². The molecule has 0 bridgehead atoms. The van der Waals surface area contributed by atoms with E-state index < -0.39 is 15.8 Å². The van der Waals surface area contributed by atoms with Crippen LogP contribution in [0.2, 0.25) is 0 Å². The number of aromatic nitrogens is 1. The third-order valence-electron chi connectivity index (χ3n) is 1.76. The molecule has 1 aromatic heterocycles. The fraction of sp³-hybridized carbons (Fsp3) is 0. The summed E-state index contributed by atoms with van der Waals surface area (Å²) in [6.07, 6.45) is 1.34. The highest BCUT2D eigenvalue weighted by molar-refractivity contribution is 7.94. The first-order valence-electron chi connectivity index (χ1n) is 3.40. The van der Waals surface area contributed by atoms with E-state index in [1.165, 1.54) is 6.08 Å². The van der Waals surface area contributed by atoms with Gasteiger partial charge in [-0.2, -0.15) is 0 Å². The highest BCUT2D eigenvalue weighted by Crippen LogP contribution is 2.26. The Labute approximate surface area is 73.6 Å². The zero-order chi connectivity index (χ0) is 9.64. The number of sulfone groups is 1. The van der Waals surface area contributed by atoms with E-state index in [0.717, 1.165) is 11.5 Å². The number of nitrogens with one attached hydrogen (secondary N) is 1. The van der Waals surface area contributed by atoms with Crippen molar-refractivity contribution in [3.8, 4) is 0 Å². The van der Waals surface area contributed by atoms with Gasteiger partial charge in [-0.25, -0.2) is 13.2 Å². The van der Waals surface area contributed by atoms with Crippen molar-refractivity contribution in [3.63, 3.8) is 0 Å². The van der Waals surface area contributed by atoms with Crippen LogP contribution < -0.4 is 0 Å². The minimum Gasteiger partial charge on any atom is -0.477 e. The average Bonchev–Trinajstić information content (AvgIpc) is 2.53. The van der Waals surface area contributed by atoms with Gasteiger partial charge in [0.2, 0.25) is 9.84 Å². The van der Waals surface area contributed by atoms with Gasteiger partial charge in [0, 0.05) is 5.41 Å². The Balaban J connectivity index is 2.68. The molecular formula is C7H5NO4S. The molecule has 1 aliphatic rings. The molecule has 0 fully saturated rings. The van der Waals surface area contributed by atoms with Crippen LogP contribution in [0.5, 0.6) is 0 Å². The first-order chi connectivity index (χ1) is 6.00. The molecule has 1 aliphatic heterocycles. The molecule has 2 rings (SSSR count). The molecule has 0 unspecified atom stereocenters. The van der Waals surface area contributed by atoms with Gasteiger partial charge in [-0.1, -0.05) is 0 Å². The second kappa shape index (κ2) is 2.23. The van der Waals surface area contributed by atoms with E-state index in [9.17, 15) is 13.2 Å². The number of carboxylic acids is 1. The fourth-order valence-electron chi connectivity index (χ4n) is 1.16. The first-order valence-corrected chi connectivity index (χ1v) is 4.95. The lowest BCUT2D eigenvalue weighted by Crippen LogP contribution is -1.96. The van der Waals surface area contributed by atoms with Gasteiger partial charge in [-0.3, -0.25) is 0 Å². The van der Waals surface area contributed by atoms with E-state index >= 15 is 0 Å². The second-order valence-electron chi connectivity index (χ2n) is 2.61. The quantitative estimate of drug-likeness (QED) is 0.688. The lowest BCUT2D eigenvalue weighted by atomic mass is 10.4. The smallest absolute Gasteiger partial charge is 0.352 e. The van der Waals surface area contributed by atoms with Gasteiger partial charge >= 0.3 is 5.97 Å². The van der Waals surface area contributed by atoms with Crippen molar-refractivity contribution in [2.24, 2.45) is 0 Å². The summed E-state index contributed by atoms with van der Waals surface area (Å²) in [6.45, 7) is 0. The summed E-state index contributed by atoms with van der Waals surface area (Å²) >= 11 is 0. The van der Waals surface area contributed by atoms with Crippen molar-refractivity contribution in [2.75, 3.05) is 0 Å². The summed E-state index contributed by atoms with van der Waals surface area (Å²) < 4.78 is 22.4. The van der Waals surface area contributed by atoms with Gasteiger partial charge in [0.1, 0.15) is 5.69 Å². The topological polar surface area (TPSA) is 87.2 Å². The highest BCUT2D eigenvalue weighted by atomic mass is 32.2. The molecule has 0 aliphatic carbocycles. The Hall–Kier alpha value is -1.56. The number of fused-ring (bicyclic) bond motifs is 1. The van der Waals surface area contributed by atoms with Gasteiger partial charge in [0.05, 0.1) is 10.6 Å². The second-order valence-corrected chi connectivity index (χ2v) is 4.42. The highest BCUT2D eigenvalue weighted by Gasteiger charge is 2.24. The summed E-state index contributed by atoms with van der Waals surface area (Å²) in [7, 11) is -3.39. The van der Waals surface area contributed by atoms with E-state index in [-0.39, 0.29) is 10.6 Å². The maximum absolute atomic E-state index is 11.2. The molecule has 5 nitrogen and oxygen atoms in total. The molecule has 13 heavy (non-hydrogen) atoms. The largest absolute Gasteiger partial charge is 0.477 e. The van der Waals surface area contributed by atoms with Crippen molar-refractivity contribution in [1.82, 2.24) is 4.98 Å². The van der Waals surface area contributed by atoms with E-state index in [2.05, 4.69) is 4.98 Å². The summed E-state index contributed by atoms with van der Waals surface area (Å²) in [6, 6.07) is 1.12. The van der Waals surface area contributed by atoms with Crippen LogP contribution in [0.25, 0.3) is 6.08 Å². The number of H-pyrrole nitrogens is 1. The Morgan fingerprint density at radius 1 is 1.46 bits per heavy atom. The molecule has 0 amide bonds. The van der Waals surface area contributed by atoms with Crippen LogP contribution in [0, 0.1) is 0 Å². The zero-order valence-corrected chi connectivity index (χ0v) is 7.13. The Morgan fingerprint density at radius 2 is 2.15 bits per heavy atom. The molecule has 1 aromatic rings. The normalized spacial score (nSPS) is 17.2. The number of aromatic amines is 1. The molecule has 0 aromatic carbocycles. The van der Waals surface area contributed by atoms with Crippen LogP contribution in [0.1, 0.15) is 16.2 Å². The maximum atomic E-state index is 11.2. The van der Waals surface area contributed by atoms with Gasteiger partial charge < -0.3 is 10.1 Å². The predicted octanol–water partition coefficient (Wildman–Crippen LogP) is 0.471. The summed E-state index contributed by atoms with van der Waals surface area (Å²) in [5.74, 6) is -1.17.